The zero-order valence-electron chi connectivity index (χ0n) is 27.7. The summed E-state index contributed by atoms with van der Waals surface area (Å²) in [4.78, 5) is 40.6. The zero-order valence-corrected chi connectivity index (χ0v) is 41.7. The Morgan fingerprint density at radius 3 is 1.36 bits per heavy atom. The number of hydrogen-bond donors (Lipinski definition) is 1. The number of aliphatic carboxylic acids is 1. The second-order valence-electron chi connectivity index (χ2n) is 12.0. The van der Waals surface area contributed by atoms with Gasteiger partial charge in [-0.15, -0.1) is 24.0 Å². The third-order valence-corrected chi connectivity index (χ3v) is 9.09. The van der Waals surface area contributed by atoms with Crippen molar-refractivity contribution in [3.8, 4) is 0 Å². The molecule has 0 bridgehead atoms. The predicted molar refractivity (Wildman–Crippen MR) is 230 cm³/mol. The van der Waals surface area contributed by atoms with Crippen molar-refractivity contribution in [2.75, 3.05) is 72.9 Å². The predicted octanol–water partition coefficient (Wildman–Crippen LogP) is 3.87. The monoisotopic (exact) mass is 1320 g/mol. The molecular weight excluding hydrogens is 1260 g/mol. The van der Waals surface area contributed by atoms with E-state index in [1.807, 2.05) is 21.0 Å². The second kappa shape index (κ2) is 28.8. The van der Waals surface area contributed by atoms with Crippen molar-refractivity contribution >= 4 is 131 Å². The number of carbonyl (C=O) groups excluding carboxylic acids is 2. The fourth-order valence-corrected chi connectivity index (χ4v) is 6.83. The van der Waals surface area contributed by atoms with Crippen LogP contribution in [0.3, 0.4) is 0 Å². The van der Waals surface area contributed by atoms with Gasteiger partial charge in [0.1, 0.15) is 5.78 Å². The van der Waals surface area contributed by atoms with E-state index in [9.17, 15) is 18.6 Å². The molecular formula is C29H56I6N3O5S-. The summed E-state index contributed by atoms with van der Waals surface area (Å²) in [5.41, 5.74) is 0. The summed E-state index contributed by atoms with van der Waals surface area (Å²) < 4.78 is 11.5. The van der Waals surface area contributed by atoms with E-state index in [2.05, 4.69) is 117 Å². The third-order valence-electron chi connectivity index (χ3n) is 8.29. The van der Waals surface area contributed by atoms with E-state index in [-0.39, 0.29) is 41.6 Å². The van der Waals surface area contributed by atoms with E-state index in [0.29, 0.717) is 55.7 Å². The van der Waals surface area contributed by atoms with Crippen molar-refractivity contribution in [2.45, 2.75) is 53.4 Å². The Labute approximate surface area is 339 Å². The number of Topliss-reactive ketones (excluding diaryl/α,β-unsaturated/α-hetero) is 2. The summed E-state index contributed by atoms with van der Waals surface area (Å²) in [6.45, 7) is 13.8. The van der Waals surface area contributed by atoms with Gasteiger partial charge >= 0.3 is 56.5 Å². The molecule has 3 heterocycles. The van der Waals surface area contributed by atoms with Crippen LogP contribution in [0.15, 0.2) is 0 Å². The molecule has 44 heavy (non-hydrogen) atoms. The van der Waals surface area contributed by atoms with Gasteiger partial charge in [-0.2, -0.15) is 0 Å². The van der Waals surface area contributed by atoms with Gasteiger partial charge in [-0.1, -0.05) is 47.0 Å². The molecule has 8 nitrogen and oxygen atoms in total. The van der Waals surface area contributed by atoms with Gasteiger partial charge in [0.2, 0.25) is 0 Å². The first-order valence-corrected chi connectivity index (χ1v) is 36.0. The SMILES string of the molecule is CCC(=O)[C@H]1CN(C)C[C@H]1CC.CC[C@@H]1CN(C)C[C@@H]1C(=O)C=S(C)(C)=O.CC[C@@H]1CN(C)C[C@@H]1C(=O)O.I.II.I[I-]I. The standard InChI is InChI=1S/C11H21NO2S.C10H19NO.C8H15NO2.I3.I2.HI/c1-5-9-6-12(2)7-10(9)11(13)8-15(3,4)14;1-4-8-6-11(3)7-9(8)10(12)5-2;1-3-6-4-9(2)5-7(6)8(10)11;1-3-2;1-2;/h8-10H,5-7H2,1-4H3;8-9H,4-7H2,1-3H3;6-7H,3-5H2,1-2H3,(H,10,11);;;1H/q;;;-1;;/t9-,10+;8-,9+;6-,7+;;;/m111.../s1. The quantitative estimate of drug-likeness (QED) is 0.290. The molecule has 1 N–H and O–H groups in total. The molecule has 0 spiro atoms. The first kappa shape index (κ1) is 51.5. The van der Waals surface area contributed by atoms with Crippen LogP contribution in [0, 0.1) is 35.5 Å². The average Bonchev–Trinajstić information content (AvgIpc) is 3.64. The number of likely N-dealkylation sites (tertiary alicyclic amines) is 3. The van der Waals surface area contributed by atoms with Gasteiger partial charge in [-0.25, -0.2) is 0 Å². The number of carboxylic acid groups (broad SMARTS) is 1. The molecule has 3 rings (SSSR count). The maximum absolute atomic E-state index is 11.9. The van der Waals surface area contributed by atoms with Crippen molar-refractivity contribution in [1.82, 2.24) is 14.7 Å². The molecule has 3 aliphatic rings. The molecule has 0 aromatic carbocycles. The molecule has 3 aliphatic heterocycles. The first-order valence-electron chi connectivity index (χ1n) is 14.7. The summed E-state index contributed by atoms with van der Waals surface area (Å²) in [7, 11) is 4.06. The van der Waals surface area contributed by atoms with Gasteiger partial charge in [-0.3, -0.25) is 18.6 Å². The van der Waals surface area contributed by atoms with Crippen LogP contribution in [0.1, 0.15) is 53.4 Å². The van der Waals surface area contributed by atoms with Crippen molar-refractivity contribution in [1.29, 1.82) is 0 Å². The second-order valence-corrected chi connectivity index (χ2v) is 31.1. The minimum atomic E-state index is -2.05. The Hall–Kier alpha value is 3.09. The number of ketones is 2. The van der Waals surface area contributed by atoms with Crippen LogP contribution >= 0.6 is 98.4 Å². The van der Waals surface area contributed by atoms with Crippen LogP contribution < -0.4 is 13.3 Å². The normalized spacial score (nSPS) is 26.8. The van der Waals surface area contributed by atoms with Gasteiger partial charge in [0.15, 0.2) is 5.78 Å². The van der Waals surface area contributed by atoms with E-state index < -0.39 is 15.5 Å². The average molecular weight is 1320 g/mol. The summed E-state index contributed by atoms with van der Waals surface area (Å²) in [5.74, 6) is 1.53. The summed E-state index contributed by atoms with van der Waals surface area (Å²) >= 11 is 9.54. The summed E-state index contributed by atoms with van der Waals surface area (Å²) in [5, 5.41) is 10.2. The Kier molecular flexibility index (Phi) is 33.6. The minimum absolute atomic E-state index is 0. The van der Waals surface area contributed by atoms with Crippen LogP contribution in [0.4, 0.5) is 0 Å². The molecule has 0 aliphatic carbocycles. The zero-order chi connectivity index (χ0) is 33.9. The van der Waals surface area contributed by atoms with Crippen molar-refractivity contribution in [3.63, 3.8) is 0 Å². The van der Waals surface area contributed by atoms with Crippen LogP contribution in [-0.4, -0.2) is 120 Å². The molecule has 0 aromatic heterocycles. The first-order chi connectivity index (χ1) is 20.1. The molecule has 0 saturated carbocycles. The van der Waals surface area contributed by atoms with E-state index >= 15 is 0 Å². The Balaban J connectivity index is -0.000000532. The fraction of sp³-hybridized carbons (Fsp3) is 0.862. The van der Waals surface area contributed by atoms with Crippen LogP contribution in [-0.2, 0) is 23.9 Å². The maximum atomic E-state index is 11.9. The van der Waals surface area contributed by atoms with Crippen LogP contribution in [0.25, 0.3) is 0 Å². The fourth-order valence-electron chi connectivity index (χ4n) is 6.10. The van der Waals surface area contributed by atoms with Crippen molar-refractivity contribution in [2.24, 2.45) is 35.5 Å². The molecule has 266 valence electrons. The van der Waals surface area contributed by atoms with Crippen molar-refractivity contribution in [3.05, 3.63) is 0 Å². The molecule has 0 aromatic rings. The van der Waals surface area contributed by atoms with Gasteiger partial charge in [0.05, 0.1) is 5.92 Å². The van der Waals surface area contributed by atoms with Crippen LogP contribution in [0.2, 0.25) is 0 Å². The molecule has 0 radical (unpaired) electrons. The van der Waals surface area contributed by atoms with Gasteiger partial charge in [-0.05, 0) is 48.4 Å². The van der Waals surface area contributed by atoms with E-state index in [0.717, 1.165) is 52.0 Å². The van der Waals surface area contributed by atoms with Gasteiger partial charge in [0, 0.05) is 113 Å². The van der Waals surface area contributed by atoms with Gasteiger partial charge < -0.3 is 19.8 Å². The number of carboxylic acids is 1. The van der Waals surface area contributed by atoms with Gasteiger partial charge in [0.25, 0.3) is 0 Å². The topological polar surface area (TPSA) is 98.2 Å². The number of halogens is 6. The van der Waals surface area contributed by atoms with Crippen molar-refractivity contribution < 1.29 is 37.0 Å². The summed E-state index contributed by atoms with van der Waals surface area (Å²) in [6, 6.07) is 0. The van der Waals surface area contributed by atoms with E-state index in [4.69, 9.17) is 5.11 Å². The number of nitrogens with zero attached hydrogens (tertiary/aromatic N) is 3. The third kappa shape index (κ3) is 21.3. The van der Waals surface area contributed by atoms with Crippen LogP contribution in [0.5, 0.6) is 0 Å². The molecule has 0 amide bonds. The molecule has 6 atom stereocenters. The number of hydrogen-bond acceptors (Lipinski definition) is 7. The van der Waals surface area contributed by atoms with E-state index in [1.165, 1.54) is 5.37 Å². The molecule has 15 heteroatoms. The molecule has 3 saturated heterocycles. The number of rotatable bonds is 8. The molecule has 0 unspecified atom stereocenters. The Morgan fingerprint density at radius 1 is 0.750 bits per heavy atom. The number of carbonyl (C=O) groups is 3. The van der Waals surface area contributed by atoms with E-state index in [1.54, 1.807) is 12.5 Å². The Bertz CT molecular complexity index is 933. The molecule has 3 fully saturated rings. The summed E-state index contributed by atoms with van der Waals surface area (Å²) in [6.07, 6.45) is 7.06. The Morgan fingerprint density at radius 2 is 1.07 bits per heavy atom.